The first kappa shape index (κ1) is 11.5. The molecule has 0 aliphatic heterocycles. The quantitative estimate of drug-likeness (QED) is 0.469. The third-order valence-electron chi connectivity index (χ3n) is 2.09. The minimum absolute atomic E-state index is 0.676. The van der Waals surface area contributed by atoms with E-state index >= 15 is 0 Å². The van der Waals surface area contributed by atoms with Crippen LogP contribution in [0.2, 0.25) is 0 Å². The Bertz CT molecular complexity index is 441. The molecular weight excluding hydrogens is 246 g/mol. The number of aromatic nitrogens is 3. The molecule has 86 valence electrons. The van der Waals surface area contributed by atoms with E-state index in [4.69, 9.17) is 16.0 Å². The largest absolute Gasteiger partial charge is 0.461 e. The van der Waals surface area contributed by atoms with Gasteiger partial charge in [-0.05, 0) is 18.6 Å². The highest BCUT2D eigenvalue weighted by Gasteiger charge is 2.12. The Kier molecular flexibility index (Phi) is 3.90. The standard InChI is InChI=1S/C10H12ClN3OS/c1-14-9(8-4-2-6-15-8)12-13-10(14)16-7-3-5-11/h2,4,6H,3,5,7H2,1H3. The van der Waals surface area contributed by atoms with Crippen molar-refractivity contribution in [3.05, 3.63) is 18.4 Å². The van der Waals surface area contributed by atoms with Crippen molar-refractivity contribution >= 4 is 23.4 Å². The van der Waals surface area contributed by atoms with Crippen LogP contribution in [0, 0.1) is 0 Å². The van der Waals surface area contributed by atoms with Crippen LogP contribution in [0.15, 0.2) is 28.0 Å². The van der Waals surface area contributed by atoms with Crippen molar-refractivity contribution in [3.8, 4) is 11.6 Å². The SMILES string of the molecule is Cn1c(SCCCCl)nnc1-c1ccco1. The highest BCUT2D eigenvalue weighted by atomic mass is 35.5. The molecule has 0 saturated heterocycles. The molecule has 0 unspecified atom stereocenters. The lowest BCUT2D eigenvalue weighted by Gasteiger charge is -2.00. The Morgan fingerprint density at radius 1 is 1.50 bits per heavy atom. The Morgan fingerprint density at radius 2 is 2.38 bits per heavy atom. The predicted octanol–water partition coefficient (Wildman–Crippen LogP) is 2.80. The van der Waals surface area contributed by atoms with Crippen molar-refractivity contribution in [1.29, 1.82) is 0 Å². The molecule has 4 nitrogen and oxygen atoms in total. The molecule has 16 heavy (non-hydrogen) atoms. The fraction of sp³-hybridized carbons (Fsp3) is 0.400. The first-order chi connectivity index (χ1) is 7.83. The van der Waals surface area contributed by atoms with Crippen molar-refractivity contribution in [2.75, 3.05) is 11.6 Å². The zero-order valence-electron chi connectivity index (χ0n) is 8.89. The average molecular weight is 258 g/mol. The second-order valence-electron chi connectivity index (χ2n) is 3.23. The van der Waals surface area contributed by atoms with E-state index in [1.807, 2.05) is 23.7 Å². The van der Waals surface area contributed by atoms with Gasteiger partial charge in [0.2, 0.25) is 0 Å². The molecule has 0 saturated carbocycles. The summed E-state index contributed by atoms with van der Waals surface area (Å²) >= 11 is 7.28. The summed E-state index contributed by atoms with van der Waals surface area (Å²) in [5.74, 6) is 3.11. The lowest BCUT2D eigenvalue weighted by atomic mass is 10.4. The molecule has 2 aromatic rings. The van der Waals surface area contributed by atoms with Gasteiger partial charge in [0.15, 0.2) is 16.7 Å². The van der Waals surface area contributed by atoms with Gasteiger partial charge in [0.1, 0.15) is 0 Å². The fourth-order valence-electron chi connectivity index (χ4n) is 1.28. The molecule has 2 rings (SSSR count). The highest BCUT2D eigenvalue weighted by molar-refractivity contribution is 7.99. The molecule has 6 heteroatoms. The van der Waals surface area contributed by atoms with Crippen LogP contribution in [0.4, 0.5) is 0 Å². The van der Waals surface area contributed by atoms with Crippen molar-refractivity contribution in [2.45, 2.75) is 11.6 Å². The molecule has 0 fully saturated rings. The van der Waals surface area contributed by atoms with Crippen LogP contribution in [0.1, 0.15) is 6.42 Å². The number of alkyl halides is 1. The van der Waals surface area contributed by atoms with E-state index in [9.17, 15) is 0 Å². The van der Waals surface area contributed by atoms with Crippen molar-refractivity contribution in [3.63, 3.8) is 0 Å². The van der Waals surface area contributed by atoms with Gasteiger partial charge in [-0.2, -0.15) is 0 Å². The average Bonchev–Trinajstić information content (AvgIpc) is 2.89. The monoisotopic (exact) mass is 257 g/mol. The first-order valence-electron chi connectivity index (χ1n) is 4.95. The number of furan rings is 1. The Labute approximate surface area is 103 Å². The predicted molar refractivity (Wildman–Crippen MR) is 64.8 cm³/mol. The van der Waals surface area contributed by atoms with Gasteiger partial charge in [0, 0.05) is 18.7 Å². The summed E-state index contributed by atoms with van der Waals surface area (Å²) in [5, 5.41) is 9.10. The van der Waals surface area contributed by atoms with Crippen molar-refractivity contribution in [2.24, 2.45) is 7.05 Å². The maximum Gasteiger partial charge on any atom is 0.200 e. The van der Waals surface area contributed by atoms with Crippen molar-refractivity contribution in [1.82, 2.24) is 14.8 Å². The lowest BCUT2D eigenvalue weighted by molar-refractivity contribution is 0.572. The summed E-state index contributed by atoms with van der Waals surface area (Å²) in [6.45, 7) is 0. The zero-order chi connectivity index (χ0) is 11.4. The van der Waals surface area contributed by atoms with Gasteiger partial charge in [0.05, 0.1) is 6.26 Å². The third-order valence-corrected chi connectivity index (χ3v) is 3.46. The van der Waals surface area contributed by atoms with Gasteiger partial charge in [-0.3, -0.25) is 0 Å². The number of nitrogens with zero attached hydrogens (tertiary/aromatic N) is 3. The Morgan fingerprint density at radius 3 is 3.06 bits per heavy atom. The minimum Gasteiger partial charge on any atom is -0.461 e. The second kappa shape index (κ2) is 5.41. The molecule has 0 atom stereocenters. The maximum atomic E-state index is 5.62. The maximum absolute atomic E-state index is 5.62. The lowest BCUT2D eigenvalue weighted by Crippen LogP contribution is -1.94. The van der Waals surface area contributed by atoms with E-state index in [2.05, 4.69) is 10.2 Å². The third kappa shape index (κ3) is 2.41. The van der Waals surface area contributed by atoms with Gasteiger partial charge in [-0.25, -0.2) is 0 Å². The van der Waals surface area contributed by atoms with Crippen LogP contribution < -0.4 is 0 Å². The van der Waals surface area contributed by atoms with Crippen LogP contribution >= 0.6 is 23.4 Å². The molecule has 0 aliphatic rings. The van der Waals surface area contributed by atoms with Crippen LogP contribution in [-0.2, 0) is 7.05 Å². The van der Waals surface area contributed by atoms with Crippen LogP contribution in [0.3, 0.4) is 0 Å². The summed E-state index contributed by atoms with van der Waals surface area (Å²) in [7, 11) is 1.93. The molecule has 0 bridgehead atoms. The van der Waals surface area contributed by atoms with Crippen molar-refractivity contribution < 1.29 is 4.42 Å². The zero-order valence-corrected chi connectivity index (χ0v) is 10.5. The van der Waals surface area contributed by atoms with Gasteiger partial charge < -0.3 is 8.98 Å². The molecule has 0 aliphatic carbocycles. The number of thioether (sulfide) groups is 1. The summed E-state index contributed by atoms with van der Waals surface area (Å²) < 4.78 is 7.21. The molecule has 0 spiro atoms. The van der Waals surface area contributed by atoms with Crippen LogP contribution in [0.5, 0.6) is 0 Å². The smallest absolute Gasteiger partial charge is 0.200 e. The second-order valence-corrected chi connectivity index (χ2v) is 4.67. The number of hydrogen-bond acceptors (Lipinski definition) is 4. The molecule has 2 heterocycles. The summed E-state index contributed by atoms with van der Waals surface area (Å²) in [4.78, 5) is 0. The molecular formula is C10H12ClN3OS. The van der Waals surface area contributed by atoms with E-state index < -0.39 is 0 Å². The van der Waals surface area contributed by atoms with E-state index in [1.165, 1.54) is 0 Å². The number of hydrogen-bond donors (Lipinski definition) is 0. The van der Waals surface area contributed by atoms with E-state index in [0.717, 1.165) is 28.9 Å². The summed E-state index contributed by atoms with van der Waals surface area (Å²) in [5.41, 5.74) is 0. The van der Waals surface area contributed by atoms with Gasteiger partial charge in [-0.15, -0.1) is 21.8 Å². The van der Waals surface area contributed by atoms with Crippen LogP contribution in [0.25, 0.3) is 11.6 Å². The first-order valence-corrected chi connectivity index (χ1v) is 6.47. The number of halogens is 1. The summed E-state index contributed by atoms with van der Waals surface area (Å²) in [6.07, 6.45) is 2.60. The van der Waals surface area contributed by atoms with Gasteiger partial charge in [0.25, 0.3) is 0 Å². The van der Waals surface area contributed by atoms with E-state index in [-0.39, 0.29) is 0 Å². The van der Waals surface area contributed by atoms with Crippen LogP contribution in [-0.4, -0.2) is 26.4 Å². The molecule has 2 aromatic heterocycles. The summed E-state index contributed by atoms with van der Waals surface area (Å²) in [6, 6.07) is 3.71. The topological polar surface area (TPSA) is 43.9 Å². The number of rotatable bonds is 5. The molecule has 0 aromatic carbocycles. The molecule has 0 amide bonds. The Hall–Kier alpha value is -0.940. The van der Waals surface area contributed by atoms with Gasteiger partial charge in [-0.1, -0.05) is 11.8 Å². The molecule has 0 N–H and O–H groups in total. The fourth-order valence-corrected chi connectivity index (χ4v) is 2.42. The molecule has 0 radical (unpaired) electrons. The normalized spacial score (nSPS) is 10.9. The minimum atomic E-state index is 0.676. The van der Waals surface area contributed by atoms with E-state index in [0.29, 0.717) is 5.88 Å². The highest BCUT2D eigenvalue weighted by Crippen LogP contribution is 2.23. The van der Waals surface area contributed by atoms with E-state index in [1.54, 1.807) is 18.0 Å². The van der Waals surface area contributed by atoms with Gasteiger partial charge >= 0.3 is 0 Å². The Balaban J connectivity index is 2.12.